The molecule has 2 atom stereocenters. The first kappa shape index (κ1) is 11.6. The molecular weight excluding hydrogens is 194 g/mol. The fourth-order valence-electron chi connectivity index (χ4n) is 1.14. The van der Waals surface area contributed by atoms with Gasteiger partial charge in [-0.15, -0.1) is 21.5 Å². The van der Waals surface area contributed by atoms with Gasteiger partial charge in [-0.25, -0.2) is 0 Å². The van der Waals surface area contributed by atoms with Crippen LogP contribution in [0.25, 0.3) is 0 Å². The summed E-state index contributed by atoms with van der Waals surface area (Å²) in [6, 6.07) is 0.813. The first-order valence-corrected chi connectivity index (χ1v) is 5.88. The number of nitrogens with zero attached hydrogens (tertiary/aromatic N) is 2. The molecule has 0 amide bonds. The van der Waals surface area contributed by atoms with E-state index in [1.807, 2.05) is 6.92 Å². The van der Waals surface area contributed by atoms with Gasteiger partial charge in [-0.2, -0.15) is 0 Å². The van der Waals surface area contributed by atoms with Crippen LogP contribution >= 0.6 is 11.3 Å². The van der Waals surface area contributed by atoms with Gasteiger partial charge in [0.2, 0.25) is 0 Å². The maximum absolute atomic E-state index is 4.13. The largest absolute Gasteiger partial charge is 0.305 e. The van der Waals surface area contributed by atoms with Gasteiger partial charge in [-0.3, -0.25) is 0 Å². The molecule has 4 heteroatoms. The number of hydrogen-bond acceptors (Lipinski definition) is 4. The molecular formula is C10H19N3S. The lowest BCUT2D eigenvalue weighted by molar-refractivity contribution is 0.387. The topological polar surface area (TPSA) is 37.8 Å². The molecule has 0 bridgehead atoms. The van der Waals surface area contributed by atoms with Crippen molar-refractivity contribution in [1.82, 2.24) is 15.5 Å². The Morgan fingerprint density at radius 3 is 2.21 bits per heavy atom. The molecule has 1 aromatic heterocycles. The van der Waals surface area contributed by atoms with Crippen LogP contribution in [-0.4, -0.2) is 16.2 Å². The third-order valence-corrected chi connectivity index (χ3v) is 3.45. The summed E-state index contributed by atoms with van der Waals surface area (Å²) in [5.41, 5.74) is 0. The van der Waals surface area contributed by atoms with Gasteiger partial charge in [0, 0.05) is 6.04 Å². The van der Waals surface area contributed by atoms with Crippen molar-refractivity contribution in [3.63, 3.8) is 0 Å². The lowest BCUT2D eigenvalue weighted by atomic mass is 10.1. The van der Waals surface area contributed by atoms with Gasteiger partial charge in [0.05, 0.1) is 6.04 Å². The molecule has 1 rings (SSSR count). The minimum absolute atomic E-state index is 0.304. The number of aromatic nitrogens is 2. The zero-order valence-corrected chi connectivity index (χ0v) is 10.4. The van der Waals surface area contributed by atoms with Crippen LogP contribution in [0.15, 0.2) is 0 Å². The second-order valence-electron chi connectivity index (χ2n) is 4.08. The summed E-state index contributed by atoms with van der Waals surface area (Å²) < 4.78 is 0. The predicted molar refractivity (Wildman–Crippen MR) is 60.5 cm³/mol. The molecule has 80 valence electrons. The zero-order chi connectivity index (χ0) is 10.7. The van der Waals surface area contributed by atoms with Gasteiger partial charge in [-0.05, 0) is 26.7 Å². The average molecular weight is 213 g/mol. The van der Waals surface area contributed by atoms with Crippen LogP contribution in [0.5, 0.6) is 0 Å². The Labute approximate surface area is 89.9 Å². The number of nitrogens with one attached hydrogen (secondary N) is 1. The van der Waals surface area contributed by atoms with E-state index < -0.39 is 0 Å². The van der Waals surface area contributed by atoms with E-state index in [9.17, 15) is 0 Å². The highest BCUT2D eigenvalue weighted by Crippen LogP contribution is 2.18. The summed E-state index contributed by atoms with van der Waals surface area (Å²) in [4.78, 5) is 0. The fourth-order valence-corrected chi connectivity index (χ4v) is 1.86. The number of aryl methyl sites for hydroxylation is 1. The molecule has 14 heavy (non-hydrogen) atoms. The molecule has 3 nitrogen and oxygen atoms in total. The molecule has 0 aliphatic rings. The molecule has 0 saturated carbocycles. The Bertz CT molecular complexity index is 283. The molecule has 0 radical (unpaired) electrons. The maximum atomic E-state index is 4.13. The van der Waals surface area contributed by atoms with Crippen molar-refractivity contribution >= 4 is 11.3 Å². The van der Waals surface area contributed by atoms with Crippen molar-refractivity contribution in [3.8, 4) is 0 Å². The molecule has 1 N–H and O–H groups in total. The van der Waals surface area contributed by atoms with E-state index in [2.05, 4.69) is 43.2 Å². The highest BCUT2D eigenvalue weighted by Gasteiger charge is 2.14. The fraction of sp³-hybridized carbons (Fsp3) is 0.800. The maximum Gasteiger partial charge on any atom is 0.134 e. The highest BCUT2D eigenvalue weighted by molar-refractivity contribution is 7.11. The van der Waals surface area contributed by atoms with Crippen LogP contribution in [0.4, 0.5) is 0 Å². The first-order valence-electron chi connectivity index (χ1n) is 5.06. The van der Waals surface area contributed by atoms with Gasteiger partial charge in [0.15, 0.2) is 0 Å². The summed E-state index contributed by atoms with van der Waals surface area (Å²) in [5, 5.41) is 13.8. The van der Waals surface area contributed by atoms with Crippen molar-refractivity contribution in [2.24, 2.45) is 5.92 Å². The number of rotatable bonds is 4. The van der Waals surface area contributed by atoms with Crippen molar-refractivity contribution in [1.29, 1.82) is 0 Å². The minimum Gasteiger partial charge on any atom is -0.305 e. The van der Waals surface area contributed by atoms with Crippen molar-refractivity contribution in [3.05, 3.63) is 10.0 Å². The van der Waals surface area contributed by atoms with Gasteiger partial charge < -0.3 is 5.32 Å². The van der Waals surface area contributed by atoms with Crippen LogP contribution in [0.1, 0.15) is 43.8 Å². The second kappa shape index (κ2) is 4.84. The van der Waals surface area contributed by atoms with E-state index in [-0.39, 0.29) is 0 Å². The van der Waals surface area contributed by atoms with Gasteiger partial charge >= 0.3 is 0 Å². The van der Waals surface area contributed by atoms with Crippen LogP contribution in [0.3, 0.4) is 0 Å². The summed E-state index contributed by atoms with van der Waals surface area (Å²) in [7, 11) is 0. The van der Waals surface area contributed by atoms with Crippen molar-refractivity contribution in [2.45, 2.75) is 46.7 Å². The molecule has 0 aromatic carbocycles. The van der Waals surface area contributed by atoms with Crippen LogP contribution in [0.2, 0.25) is 0 Å². The highest BCUT2D eigenvalue weighted by atomic mass is 32.1. The minimum atomic E-state index is 0.304. The van der Waals surface area contributed by atoms with Crippen molar-refractivity contribution in [2.75, 3.05) is 0 Å². The summed E-state index contributed by atoms with van der Waals surface area (Å²) in [6.07, 6.45) is 0. The predicted octanol–water partition coefficient (Wildman–Crippen LogP) is 2.54. The third kappa shape index (κ3) is 3.03. The van der Waals surface area contributed by atoms with E-state index in [1.54, 1.807) is 11.3 Å². The first-order chi connectivity index (χ1) is 6.50. The molecule has 1 aromatic rings. The second-order valence-corrected chi connectivity index (χ2v) is 5.29. The standard InChI is InChI=1S/C10H19N3S/c1-6(2)7(3)11-8(4)10-13-12-9(5)14-10/h6-8,11H,1-5H3. The van der Waals surface area contributed by atoms with E-state index in [0.29, 0.717) is 18.0 Å². The SMILES string of the molecule is Cc1nnc(C(C)NC(C)C(C)C)s1. The average Bonchev–Trinajstić information content (AvgIpc) is 2.51. The summed E-state index contributed by atoms with van der Waals surface area (Å²) in [6.45, 7) is 10.8. The Kier molecular flexibility index (Phi) is 4.01. The zero-order valence-electron chi connectivity index (χ0n) is 9.53. The quantitative estimate of drug-likeness (QED) is 0.835. The molecule has 0 aliphatic carbocycles. The smallest absolute Gasteiger partial charge is 0.134 e. The Hall–Kier alpha value is -0.480. The molecule has 1 heterocycles. The molecule has 0 fully saturated rings. The Morgan fingerprint density at radius 2 is 1.79 bits per heavy atom. The summed E-state index contributed by atoms with van der Waals surface area (Å²) >= 11 is 1.66. The van der Waals surface area contributed by atoms with Crippen LogP contribution in [0, 0.1) is 12.8 Å². The van der Waals surface area contributed by atoms with Gasteiger partial charge in [-0.1, -0.05) is 13.8 Å². The monoisotopic (exact) mass is 213 g/mol. The van der Waals surface area contributed by atoms with E-state index in [0.717, 1.165) is 10.0 Å². The van der Waals surface area contributed by atoms with Crippen LogP contribution < -0.4 is 5.32 Å². The van der Waals surface area contributed by atoms with Gasteiger partial charge in [0.25, 0.3) is 0 Å². The van der Waals surface area contributed by atoms with E-state index >= 15 is 0 Å². The summed E-state index contributed by atoms with van der Waals surface area (Å²) in [5.74, 6) is 0.645. The molecule has 0 spiro atoms. The van der Waals surface area contributed by atoms with E-state index in [4.69, 9.17) is 0 Å². The van der Waals surface area contributed by atoms with Crippen molar-refractivity contribution < 1.29 is 0 Å². The molecule has 0 aliphatic heterocycles. The number of hydrogen-bond donors (Lipinski definition) is 1. The van der Waals surface area contributed by atoms with Crippen LogP contribution in [-0.2, 0) is 0 Å². The third-order valence-electron chi connectivity index (χ3n) is 2.42. The molecule has 0 saturated heterocycles. The Morgan fingerprint density at radius 1 is 1.14 bits per heavy atom. The lowest BCUT2D eigenvalue weighted by Gasteiger charge is -2.21. The lowest BCUT2D eigenvalue weighted by Crippen LogP contribution is -2.32. The molecule has 2 unspecified atom stereocenters. The Balaban J connectivity index is 2.54. The normalized spacial score (nSPS) is 15.9. The van der Waals surface area contributed by atoms with Gasteiger partial charge in [0.1, 0.15) is 10.0 Å². The van der Waals surface area contributed by atoms with E-state index in [1.165, 1.54) is 0 Å².